The summed E-state index contributed by atoms with van der Waals surface area (Å²) in [7, 11) is 3.11. The Bertz CT molecular complexity index is 872. The van der Waals surface area contributed by atoms with E-state index in [9.17, 15) is 4.79 Å². The second kappa shape index (κ2) is 8.63. The third-order valence-electron chi connectivity index (χ3n) is 3.68. The van der Waals surface area contributed by atoms with Crippen LogP contribution in [0.1, 0.15) is 5.56 Å². The second-order valence-corrected chi connectivity index (χ2v) is 6.31. The number of carbonyl (C=O) groups is 1. The van der Waals surface area contributed by atoms with Crippen LogP contribution in [0.5, 0.6) is 23.0 Å². The van der Waals surface area contributed by atoms with Gasteiger partial charge in [0.05, 0.1) is 31.5 Å². The molecule has 0 saturated carbocycles. The van der Waals surface area contributed by atoms with Gasteiger partial charge in [-0.2, -0.15) is 5.10 Å². The Labute approximate surface area is 164 Å². The van der Waals surface area contributed by atoms with Crippen LogP contribution in [0, 0.1) is 0 Å². The van der Waals surface area contributed by atoms with E-state index in [1.54, 1.807) is 32.4 Å². The zero-order chi connectivity index (χ0) is 19.2. The molecule has 0 aliphatic carbocycles. The van der Waals surface area contributed by atoms with E-state index in [0.29, 0.717) is 23.0 Å². The number of ether oxygens (including phenoxy) is 4. The summed E-state index contributed by atoms with van der Waals surface area (Å²) < 4.78 is 21.8. The van der Waals surface area contributed by atoms with Crippen molar-refractivity contribution in [3.05, 3.63) is 40.4 Å². The molecule has 0 aromatic heterocycles. The van der Waals surface area contributed by atoms with Crippen LogP contribution in [0.2, 0.25) is 0 Å². The van der Waals surface area contributed by atoms with Crippen LogP contribution < -0.4 is 29.7 Å². The molecule has 0 radical (unpaired) electrons. The molecule has 8 nitrogen and oxygen atoms in total. The van der Waals surface area contributed by atoms with Gasteiger partial charge in [-0.05, 0) is 45.8 Å². The molecule has 0 unspecified atom stereocenters. The summed E-state index contributed by atoms with van der Waals surface area (Å²) in [4.78, 5) is 11.9. The first-order valence-electron chi connectivity index (χ1n) is 7.97. The van der Waals surface area contributed by atoms with Crippen LogP contribution in [0.25, 0.3) is 0 Å². The molecule has 27 heavy (non-hydrogen) atoms. The van der Waals surface area contributed by atoms with Crippen LogP contribution in [0.4, 0.5) is 5.69 Å². The summed E-state index contributed by atoms with van der Waals surface area (Å²) in [6.07, 6.45) is 1.52. The number of amides is 1. The maximum absolute atomic E-state index is 11.9. The van der Waals surface area contributed by atoms with E-state index >= 15 is 0 Å². The van der Waals surface area contributed by atoms with Crippen molar-refractivity contribution in [2.75, 3.05) is 32.9 Å². The molecule has 1 aliphatic rings. The molecular weight excluding hydrogens is 418 g/mol. The number of halogens is 1. The highest BCUT2D eigenvalue weighted by Crippen LogP contribution is 2.36. The Hall–Kier alpha value is -2.94. The number of hydrogen-bond acceptors (Lipinski definition) is 7. The second-order valence-electron chi connectivity index (χ2n) is 5.45. The Morgan fingerprint density at radius 2 is 2.04 bits per heavy atom. The number of benzene rings is 2. The normalized spacial score (nSPS) is 12.1. The fraction of sp³-hybridized carbons (Fsp3) is 0.222. The minimum atomic E-state index is -0.288. The number of rotatable bonds is 7. The van der Waals surface area contributed by atoms with E-state index in [1.165, 1.54) is 6.21 Å². The van der Waals surface area contributed by atoms with Gasteiger partial charge < -0.3 is 24.3 Å². The Kier molecular flexibility index (Phi) is 6.02. The van der Waals surface area contributed by atoms with Gasteiger partial charge in [0, 0.05) is 11.8 Å². The van der Waals surface area contributed by atoms with Gasteiger partial charge in [0.15, 0.2) is 23.0 Å². The van der Waals surface area contributed by atoms with Crippen molar-refractivity contribution in [1.82, 2.24) is 5.43 Å². The molecule has 9 heteroatoms. The minimum Gasteiger partial charge on any atom is -0.493 e. The molecule has 0 atom stereocenters. The highest BCUT2D eigenvalue weighted by Gasteiger charge is 2.13. The van der Waals surface area contributed by atoms with Gasteiger partial charge in [0.2, 0.25) is 6.79 Å². The molecule has 1 heterocycles. The van der Waals surface area contributed by atoms with E-state index in [2.05, 4.69) is 31.8 Å². The lowest BCUT2D eigenvalue weighted by Crippen LogP contribution is -2.25. The quantitative estimate of drug-likeness (QED) is 0.513. The van der Waals surface area contributed by atoms with Crippen LogP contribution in [-0.4, -0.2) is 39.7 Å². The number of nitrogens with zero attached hydrogens (tertiary/aromatic N) is 1. The summed E-state index contributed by atoms with van der Waals surface area (Å²) in [6.45, 7) is 0.271. The average molecular weight is 436 g/mol. The molecule has 2 N–H and O–H groups in total. The fourth-order valence-corrected chi connectivity index (χ4v) is 3.04. The number of hydrogen-bond donors (Lipinski definition) is 2. The number of carbonyl (C=O) groups excluding carboxylic acids is 1. The van der Waals surface area contributed by atoms with Crippen LogP contribution in [0.15, 0.2) is 39.9 Å². The molecule has 2 aromatic rings. The number of fused-ring (bicyclic) bond motifs is 1. The zero-order valence-corrected chi connectivity index (χ0v) is 16.3. The van der Waals surface area contributed by atoms with Crippen molar-refractivity contribution in [3.8, 4) is 23.0 Å². The largest absolute Gasteiger partial charge is 0.493 e. The van der Waals surface area contributed by atoms with Gasteiger partial charge in [-0.25, -0.2) is 5.43 Å². The summed E-state index contributed by atoms with van der Waals surface area (Å²) >= 11 is 3.41. The predicted octanol–water partition coefficient (Wildman–Crippen LogP) is 2.76. The van der Waals surface area contributed by atoms with Gasteiger partial charge in [-0.3, -0.25) is 4.79 Å². The predicted molar refractivity (Wildman–Crippen MR) is 104 cm³/mol. The summed E-state index contributed by atoms with van der Waals surface area (Å²) in [6, 6.07) is 8.94. The lowest BCUT2D eigenvalue weighted by Gasteiger charge is -2.10. The van der Waals surface area contributed by atoms with Gasteiger partial charge in [-0.15, -0.1) is 0 Å². The van der Waals surface area contributed by atoms with E-state index in [1.807, 2.05) is 12.1 Å². The van der Waals surface area contributed by atoms with E-state index < -0.39 is 0 Å². The molecular formula is C18H18BrN3O5. The lowest BCUT2D eigenvalue weighted by atomic mass is 10.2. The van der Waals surface area contributed by atoms with Gasteiger partial charge in [0.25, 0.3) is 5.91 Å². The minimum absolute atomic E-state index is 0.0621. The van der Waals surface area contributed by atoms with Crippen molar-refractivity contribution in [3.63, 3.8) is 0 Å². The van der Waals surface area contributed by atoms with Crippen molar-refractivity contribution in [1.29, 1.82) is 0 Å². The van der Waals surface area contributed by atoms with Crippen molar-refractivity contribution in [2.45, 2.75) is 0 Å². The number of methoxy groups -OCH3 is 2. The van der Waals surface area contributed by atoms with Gasteiger partial charge in [0.1, 0.15) is 0 Å². The van der Waals surface area contributed by atoms with Gasteiger partial charge >= 0.3 is 0 Å². The number of anilines is 1. The lowest BCUT2D eigenvalue weighted by molar-refractivity contribution is -0.119. The molecule has 1 aliphatic heterocycles. The van der Waals surface area contributed by atoms with Gasteiger partial charge in [-0.1, -0.05) is 0 Å². The molecule has 0 bridgehead atoms. The number of hydrazone groups is 1. The molecule has 142 valence electrons. The summed E-state index contributed by atoms with van der Waals surface area (Å²) in [5, 5.41) is 6.96. The Morgan fingerprint density at radius 1 is 1.22 bits per heavy atom. The summed E-state index contributed by atoms with van der Waals surface area (Å²) in [5.74, 6) is 2.20. The van der Waals surface area contributed by atoms with Crippen molar-refractivity contribution in [2.24, 2.45) is 5.10 Å². The van der Waals surface area contributed by atoms with Crippen molar-refractivity contribution < 1.29 is 23.7 Å². The molecule has 0 fully saturated rings. The summed E-state index contributed by atoms with van der Waals surface area (Å²) in [5.41, 5.74) is 3.96. The first-order valence-corrected chi connectivity index (χ1v) is 8.77. The first-order chi connectivity index (χ1) is 13.1. The standard InChI is InChI=1S/C18H18BrN3O5/c1-24-16-6-11(5-13(19)18(16)25-2)8-21-22-17(23)9-20-12-3-4-14-15(7-12)27-10-26-14/h3-8,20H,9-10H2,1-2H3,(H,22,23)/b21-8-. The highest BCUT2D eigenvalue weighted by atomic mass is 79.9. The topological polar surface area (TPSA) is 90.4 Å². The van der Waals surface area contributed by atoms with Crippen molar-refractivity contribution >= 4 is 33.7 Å². The fourth-order valence-electron chi connectivity index (χ4n) is 2.42. The Balaban J connectivity index is 1.54. The maximum Gasteiger partial charge on any atom is 0.259 e. The smallest absolute Gasteiger partial charge is 0.259 e. The molecule has 1 amide bonds. The zero-order valence-electron chi connectivity index (χ0n) is 14.7. The SMILES string of the molecule is COc1cc(/C=N\NC(=O)CNc2ccc3c(c2)OCO3)cc(Br)c1OC. The number of nitrogens with one attached hydrogen (secondary N) is 2. The van der Waals surface area contributed by atoms with Crippen LogP contribution >= 0.6 is 15.9 Å². The van der Waals surface area contributed by atoms with E-state index in [4.69, 9.17) is 18.9 Å². The molecule has 2 aromatic carbocycles. The third kappa shape index (κ3) is 4.62. The Morgan fingerprint density at radius 3 is 2.81 bits per heavy atom. The molecule has 0 saturated heterocycles. The maximum atomic E-state index is 11.9. The van der Waals surface area contributed by atoms with E-state index in [0.717, 1.165) is 15.7 Å². The average Bonchev–Trinajstić information content (AvgIpc) is 3.13. The monoisotopic (exact) mass is 435 g/mol. The molecule has 0 spiro atoms. The third-order valence-corrected chi connectivity index (χ3v) is 4.27. The van der Waals surface area contributed by atoms with Crippen LogP contribution in [0.3, 0.4) is 0 Å². The van der Waals surface area contributed by atoms with E-state index in [-0.39, 0.29) is 19.2 Å². The highest BCUT2D eigenvalue weighted by molar-refractivity contribution is 9.10. The van der Waals surface area contributed by atoms with Crippen LogP contribution in [-0.2, 0) is 4.79 Å². The first kappa shape index (κ1) is 18.8. The molecule has 3 rings (SSSR count).